The van der Waals surface area contributed by atoms with Crippen LogP contribution in [-0.2, 0) is 4.74 Å². The Morgan fingerprint density at radius 1 is 1.42 bits per heavy atom. The summed E-state index contributed by atoms with van der Waals surface area (Å²) in [5, 5.41) is 2.63. The summed E-state index contributed by atoms with van der Waals surface area (Å²) in [6, 6.07) is 0. The first-order valence-corrected chi connectivity index (χ1v) is 6.59. The number of halogens is 1. The van der Waals surface area contributed by atoms with E-state index in [4.69, 9.17) is 4.74 Å². The Hall–Kier alpha value is -1.61. The molecular formula is C13H16BrN3O2. The molecule has 0 aliphatic carbocycles. The van der Waals surface area contributed by atoms with Gasteiger partial charge >= 0.3 is 6.09 Å². The Morgan fingerprint density at radius 2 is 2.16 bits per heavy atom. The van der Waals surface area contributed by atoms with E-state index < -0.39 is 11.7 Å². The molecule has 19 heavy (non-hydrogen) atoms. The van der Waals surface area contributed by atoms with Crippen LogP contribution in [0.3, 0.4) is 0 Å². The van der Waals surface area contributed by atoms with Gasteiger partial charge in [0.05, 0.1) is 12.4 Å². The smallest absolute Gasteiger partial charge is 0.407 e. The standard InChI is InChI=1S/C13H16BrN3O2/c1-13(2,3)19-12(18)15-7-5-4-6-10-8-17-11(14)9-16-10/h8-9H,5,7H2,1-3H3,(H,15,18). The molecular weight excluding hydrogens is 310 g/mol. The number of alkyl carbamates (subject to hydrolysis) is 1. The van der Waals surface area contributed by atoms with Gasteiger partial charge in [-0.1, -0.05) is 5.92 Å². The first-order valence-electron chi connectivity index (χ1n) is 5.80. The molecule has 1 amide bonds. The molecule has 0 bridgehead atoms. The van der Waals surface area contributed by atoms with Crippen molar-refractivity contribution in [2.24, 2.45) is 0 Å². The SMILES string of the molecule is CC(C)(C)OC(=O)NCCC#Cc1cnc(Br)cn1. The van der Waals surface area contributed by atoms with E-state index in [0.717, 1.165) is 0 Å². The molecule has 0 aliphatic rings. The summed E-state index contributed by atoms with van der Waals surface area (Å²) in [5.74, 6) is 5.76. The number of carbonyl (C=O) groups excluding carboxylic acids is 1. The van der Waals surface area contributed by atoms with E-state index in [1.165, 1.54) is 0 Å². The Bertz CT molecular complexity index is 483. The molecule has 0 saturated heterocycles. The van der Waals surface area contributed by atoms with E-state index in [1.54, 1.807) is 12.4 Å². The van der Waals surface area contributed by atoms with Crippen LogP contribution in [-0.4, -0.2) is 28.2 Å². The third kappa shape index (κ3) is 7.42. The van der Waals surface area contributed by atoms with Gasteiger partial charge in [0.15, 0.2) is 0 Å². The summed E-state index contributed by atoms with van der Waals surface area (Å²) in [7, 11) is 0. The predicted octanol–water partition coefficient (Wildman–Crippen LogP) is 2.51. The zero-order chi connectivity index (χ0) is 14.3. The topological polar surface area (TPSA) is 64.1 Å². The highest BCUT2D eigenvalue weighted by atomic mass is 79.9. The minimum atomic E-state index is -0.483. The van der Waals surface area contributed by atoms with Crippen molar-refractivity contribution in [2.75, 3.05) is 6.54 Å². The number of carbonyl (C=O) groups is 1. The highest BCUT2D eigenvalue weighted by molar-refractivity contribution is 9.10. The number of aromatic nitrogens is 2. The van der Waals surface area contributed by atoms with Crippen LogP contribution in [0.5, 0.6) is 0 Å². The number of amides is 1. The van der Waals surface area contributed by atoms with E-state index in [0.29, 0.717) is 23.3 Å². The number of nitrogens with zero attached hydrogens (tertiary/aromatic N) is 2. The van der Waals surface area contributed by atoms with Gasteiger partial charge in [-0.05, 0) is 42.6 Å². The van der Waals surface area contributed by atoms with E-state index in [2.05, 4.69) is 43.1 Å². The van der Waals surface area contributed by atoms with Gasteiger partial charge in [-0.25, -0.2) is 14.8 Å². The molecule has 0 unspecified atom stereocenters. The lowest BCUT2D eigenvalue weighted by Crippen LogP contribution is -2.32. The van der Waals surface area contributed by atoms with Crippen LogP contribution >= 0.6 is 15.9 Å². The monoisotopic (exact) mass is 325 g/mol. The largest absolute Gasteiger partial charge is 0.444 e. The molecule has 0 saturated carbocycles. The summed E-state index contributed by atoms with van der Waals surface area (Å²) in [6.07, 6.45) is 3.26. The normalized spacial score (nSPS) is 10.3. The van der Waals surface area contributed by atoms with Crippen molar-refractivity contribution in [3.05, 3.63) is 22.7 Å². The molecule has 1 rings (SSSR count). The molecule has 1 aromatic rings. The van der Waals surface area contributed by atoms with E-state index in [9.17, 15) is 4.79 Å². The molecule has 6 heteroatoms. The second kappa shape index (κ2) is 7.10. The minimum absolute atomic E-state index is 0.433. The Kier molecular flexibility index (Phi) is 5.77. The van der Waals surface area contributed by atoms with Gasteiger partial charge < -0.3 is 10.1 Å². The van der Waals surface area contributed by atoms with Crippen LogP contribution in [0.1, 0.15) is 32.9 Å². The number of rotatable bonds is 2. The van der Waals surface area contributed by atoms with Crippen molar-refractivity contribution < 1.29 is 9.53 Å². The Balaban J connectivity index is 2.28. The van der Waals surface area contributed by atoms with Crippen molar-refractivity contribution in [3.8, 4) is 11.8 Å². The van der Waals surface area contributed by atoms with Crippen molar-refractivity contribution in [1.29, 1.82) is 0 Å². The van der Waals surface area contributed by atoms with E-state index in [1.807, 2.05) is 20.8 Å². The number of nitrogens with one attached hydrogen (secondary N) is 1. The third-order valence-corrected chi connectivity index (χ3v) is 2.16. The van der Waals surface area contributed by atoms with Gasteiger partial charge in [0, 0.05) is 13.0 Å². The molecule has 5 nitrogen and oxygen atoms in total. The maximum Gasteiger partial charge on any atom is 0.407 e. The molecule has 0 atom stereocenters. The van der Waals surface area contributed by atoms with Gasteiger partial charge in [-0.15, -0.1) is 0 Å². The summed E-state index contributed by atoms with van der Waals surface area (Å²) in [6.45, 7) is 5.89. The van der Waals surface area contributed by atoms with Gasteiger partial charge in [-0.3, -0.25) is 0 Å². The molecule has 1 heterocycles. The maximum atomic E-state index is 11.3. The minimum Gasteiger partial charge on any atom is -0.444 e. The fourth-order valence-corrected chi connectivity index (χ4v) is 1.28. The first-order chi connectivity index (χ1) is 8.87. The summed E-state index contributed by atoms with van der Waals surface area (Å²) in [4.78, 5) is 19.4. The molecule has 0 aliphatic heterocycles. The zero-order valence-electron chi connectivity index (χ0n) is 11.2. The van der Waals surface area contributed by atoms with Crippen LogP contribution in [0, 0.1) is 11.8 Å². The van der Waals surface area contributed by atoms with Crippen molar-refractivity contribution in [2.45, 2.75) is 32.8 Å². The number of hydrogen-bond donors (Lipinski definition) is 1. The quantitative estimate of drug-likeness (QED) is 0.670. The molecule has 0 aromatic carbocycles. The fraction of sp³-hybridized carbons (Fsp3) is 0.462. The molecule has 0 spiro atoms. The first kappa shape index (κ1) is 15.4. The van der Waals surface area contributed by atoms with Crippen molar-refractivity contribution in [1.82, 2.24) is 15.3 Å². The second-order valence-electron chi connectivity index (χ2n) is 4.70. The maximum absolute atomic E-state index is 11.3. The van der Waals surface area contributed by atoms with Crippen molar-refractivity contribution in [3.63, 3.8) is 0 Å². The lowest BCUT2D eigenvalue weighted by molar-refractivity contribution is 0.0529. The molecule has 1 aromatic heterocycles. The molecule has 102 valence electrons. The summed E-state index contributed by atoms with van der Waals surface area (Å²) >= 11 is 3.20. The second-order valence-corrected chi connectivity index (χ2v) is 5.52. The fourth-order valence-electron chi connectivity index (χ4n) is 1.07. The zero-order valence-corrected chi connectivity index (χ0v) is 12.7. The average Bonchev–Trinajstić information content (AvgIpc) is 2.29. The summed E-state index contributed by atoms with van der Waals surface area (Å²) < 4.78 is 5.76. The van der Waals surface area contributed by atoms with Crippen LogP contribution in [0.4, 0.5) is 4.79 Å². The molecule has 0 fully saturated rings. The van der Waals surface area contributed by atoms with Gasteiger partial charge in [0.25, 0.3) is 0 Å². The number of ether oxygens (including phenoxy) is 1. The lowest BCUT2D eigenvalue weighted by atomic mass is 10.2. The summed E-state index contributed by atoms with van der Waals surface area (Å²) in [5.41, 5.74) is 0.114. The average molecular weight is 326 g/mol. The van der Waals surface area contributed by atoms with Crippen LogP contribution in [0.15, 0.2) is 17.0 Å². The third-order valence-electron chi connectivity index (χ3n) is 1.76. The van der Waals surface area contributed by atoms with Gasteiger partial charge in [0.1, 0.15) is 15.9 Å². The molecule has 0 radical (unpaired) electrons. The van der Waals surface area contributed by atoms with Crippen LogP contribution in [0.2, 0.25) is 0 Å². The predicted molar refractivity (Wildman–Crippen MR) is 75.5 cm³/mol. The van der Waals surface area contributed by atoms with Gasteiger partial charge in [0.2, 0.25) is 0 Å². The molecule has 1 N–H and O–H groups in total. The Morgan fingerprint density at radius 3 is 2.74 bits per heavy atom. The van der Waals surface area contributed by atoms with Crippen molar-refractivity contribution >= 4 is 22.0 Å². The van der Waals surface area contributed by atoms with E-state index >= 15 is 0 Å². The lowest BCUT2D eigenvalue weighted by Gasteiger charge is -2.19. The van der Waals surface area contributed by atoms with Gasteiger partial charge in [-0.2, -0.15) is 0 Å². The number of hydrogen-bond acceptors (Lipinski definition) is 4. The Labute approximate surface area is 121 Å². The van der Waals surface area contributed by atoms with Crippen LogP contribution < -0.4 is 5.32 Å². The highest BCUT2D eigenvalue weighted by Crippen LogP contribution is 2.06. The highest BCUT2D eigenvalue weighted by Gasteiger charge is 2.15. The van der Waals surface area contributed by atoms with Crippen LogP contribution in [0.25, 0.3) is 0 Å². The van der Waals surface area contributed by atoms with E-state index in [-0.39, 0.29) is 0 Å².